The van der Waals surface area contributed by atoms with Gasteiger partial charge < -0.3 is 5.32 Å². The van der Waals surface area contributed by atoms with Crippen LogP contribution in [0.3, 0.4) is 0 Å². The standard InChI is InChI=1S/C18H22N4O2/c1-4-14-7-5-6-8-15(14)19-18(24)13(3)22-16-11-12(2)20-21(16)10-9-17(22)23/h5-8,11,13H,4,9-10H2,1-3H3,(H,19,24). The second kappa shape index (κ2) is 6.47. The lowest BCUT2D eigenvalue weighted by Gasteiger charge is -2.32. The molecule has 126 valence electrons. The Morgan fingerprint density at radius 1 is 1.38 bits per heavy atom. The van der Waals surface area contributed by atoms with Crippen LogP contribution < -0.4 is 10.2 Å². The number of fused-ring (bicyclic) bond motifs is 1. The fourth-order valence-corrected chi connectivity index (χ4v) is 3.06. The van der Waals surface area contributed by atoms with Gasteiger partial charge in [0.25, 0.3) is 0 Å². The molecule has 0 bridgehead atoms. The molecule has 0 fully saturated rings. The molecule has 24 heavy (non-hydrogen) atoms. The molecule has 6 heteroatoms. The summed E-state index contributed by atoms with van der Waals surface area (Å²) >= 11 is 0. The topological polar surface area (TPSA) is 67.2 Å². The van der Waals surface area contributed by atoms with Crippen LogP contribution in [0.4, 0.5) is 11.5 Å². The number of para-hydroxylation sites is 1. The maximum Gasteiger partial charge on any atom is 0.247 e. The van der Waals surface area contributed by atoms with Gasteiger partial charge in [-0.3, -0.25) is 14.5 Å². The van der Waals surface area contributed by atoms with Gasteiger partial charge in [0.15, 0.2) is 0 Å². The van der Waals surface area contributed by atoms with E-state index in [4.69, 9.17) is 0 Å². The van der Waals surface area contributed by atoms with Crippen LogP contribution in [0, 0.1) is 6.92 Å². The van der Waals surface area contributed by atoms with Crippen LogP contribution in [-0.4, -0.2) is 27.6 Å². The summed E-state index contributed by atoms with van der Waals surface area (Å²) in [6, 6.07) is 8.97. The second-order valence-electron chi connectivity index (χ2n) is 6.06. The Morgan fingerprint density at radius 3 is 2.88 bits per heavy atom. The van der Waals surface area contributed by atoms with Crippen molar-refractivity contribution in [1.82, 2.24) is 9.78 Å². The highest BCUT2D eigenvalue weighted by Gasteiger charge is 2.33. The van der Waals surface area contributed by atoms with Crippen molar-refractivity contribution in [1.29, 1.82) is 0 Å². The first kappa shape index (κ1) is 16.2. The number of carbonyl (C=O) groups is 2. The van der Waals surface area contributed by atoms with E-state index in [2.05, 4.69) is 10.4 Å². The molecule has 1 atom stereocenters. The molecule has 0 spiro atoms. The quantitative estimate of drug-likeness (QED) is 0.939. The predicted molar refractivity (Wildman–Crippen MR) is 93.0 cm³/mol. The van der Waals surface area contributed by atoms with Crippen LogP contribution in [0.15, 0.2) is 30.3 Å². The molecule has 1 aliphatic rings. The molecule has 2 amide bonds. The van der Waals surface area contributed by atoms with E-state index in [1.54, 1.807) is 16.5 Å². The monoisotopic (exact) mass is 326 g/mol. The van der Waals surface area contributed by atoms with Gasteiger partial charge in [-0.05, 0) is 31.9 Å². The van der Waals surface area contributed by atoms with E-state index in [0.717, 1.165) is 23.4 Å². The van der Waals surface area contributed by atoms with Gasteiger partial charge in [-0.15, -0.1) is 0 Å². The summed E-state index contributed by atoms with van der Waals surface area (Å²) in [5.41, 5.74) is 2.71. The van der Waals surface area contributed by atoms with Crippen molar-refractivity contribution < 1.29 is 9.59 Å². The van der Waals surface area contributed by atoms with Crippen molar-refractivity contribution in [2.24, 2.45) is 0 Å². The normalized spacial score (nSPS) is 15.1. The zero-order valence-electron chi connectivity index (χ0n) is 14.2. The lowest BCUT2D eigenvalue weighted by molar-refractivity contribution is -0.124. The molecule has 0 radical (unpaired) electrons. The van der Waals surface area contributed by atoms with Crippen LogP contribution >= 0.6 is 0 Å². The number of anilines is 2. The maximum absolute atomic E-state index is 12.7. The smallest absolute Gasteiger partial charge is 0.247 e. The van der Waals surface area contributed by atoms with Crippen molar-refractivity contribution in [2.45, 2.75) is 46.2 Å². The molecule has 1 N–H and O–H groups in total. The first-order valence-corrected chi connectivity index (χ1v) is 8.26. The van der Waals surface area contributed by atoms with Gasteiger partial charge in [0.1, 0.15) is 11.9 Å². The number of carbonyl (C=O) groups excluding carboxylic acids is 2. The Hall–Kier alpha value is -2.63. The summed E-state index contributed by atoms with van der Waals surface area (Å²) in [5.74, 6) is 0.445. The molecule has 3 rings (SSSR count). The number of amides is 2. The van der Waals surface area contributed by atoms with E-state index < -0.39 is 6.04 Å². The van der Waals surface area contributed by atoms with Crippen LogP contribution in [0.25, 0.3) is 0 Å². The van der Waals surface area contributed by atoms with Crippen molar-refractivity contribution in [3.63, 3.8) is 0 Å². The Kier molecular flexibility index (Phi) is 4.38. The highest BCUT2D eigenvalue weighted by molar-refractivity contribution is 6.05. The van der Waals surface area contributed by atoms with Gasteiger partial charge in [-0.2, -0.15) is 5.10 Å². The number of nitrogens with one attached hydrogen (secondary N) is 1. The van der Waals surface area contributed by atoms with Crippen molar-refractivity contribution in [3.05, 3.63) is 41.6 Å². The molecule has 0 saturated heterocycles. The van der Waals surface area contributed by atoms with E-state index in [1.807, 2.05) is 44.2 Å². The van der Waals surface area contributed by atoms with E-state index in [0.29, 0.717) is 18.8 Å². The van der Waals surface area contributed by atoms with E-state index in [1.165, 1.54) is 0 Å². The fraction of sp³-hybridized carbons (Fsp3) is 0.389. The average molecular weight is 326 g/mol. The third-order valence-corrected chi connectivity index (χ3v) is 4.36. The van der Waals surface area contributed by atoms with Crippen LogP contribution in [0.5, 0.6) is 0 Å². The van der Waals surface area contributed by atoms with Gasteiger partial charge in [-0.1, -0.05) is 25.1 Å². The Morgan fingerprint density at radius 2 is 2.12 bits per heavy atom. The summed E-state index contributed by atoms with van der Waals surface area (Å²) in [5, 5.41) is 7.33. The molecule has 2 aromatic rings. The molecule has 2 heterocycles. The fourth-order valence-electron chi connectivity index (χ4n) is 3.06. The molecule has 0 saturated carbocycles. The number of hydrogen-bond donors (Lipinski definition) is 1. The number of nitrogens with zero attached hydrogens (tertiary/aromatic N) is 3. The summed E-state index contributed by atoms with van der Waals surface area (Å²) in [4.78, 5) is 26.6. The van der Waals surface area contributed by atoms with Crippen molar-refractivity contribution in [3.8, 4) is 0 Å². The summed E-state index contributed by atoms with van der Waals surface area (Å²) in [6.07, 6.45) is 1.19. The Balaban J connectivity index is 1.84. The lowest BCUT2D eigenvalue weighted by atomic mass is 10.1. The van der Waals surface area contributed by atoms with Gasteiger partial charge in [0.2, 0.25) is 11.8 Å². The molecule has 6 nitrogen and oxygen atoms in total. The molecular weight excluding hydrogens is 304 g/mol. The minimum atomic E-state index is -0.599. The zero-order valence-corrected chi connectivity index (χ0v) is 14.2. The van der Waals surface area contributed by atoms with E-state index in [9.17, 15) is 9.59 Å². The molecule has 1 aromatic carbocycles. The minimum absolute atomic E-state index is 0.0474. The van der Waals surface area contributed by atoms with Crippen molar-refractivity contribution >= 4 is 23.3 Å². The highest BCUT2D eigenvalue weighted by atomic mass is 16.2. The summed E-state index contributed by atoms with van der Waals surface area (Å²) in [7, 11) is 0. The van der Waals surface area contributed by atoms with E-state index in [-0.39, 0.29) is 11.8 Å². The third kappa shape index (κ3) is 2.91. The average Bonchev–Trinajstić information content (AvgIpc) is 2.95. The van der Waals surface area contributed by atoms with Crippen molar-refractivity contribution in [2.75, 3.05) is 10.2 Å². The zero-order chi connectivity index (χ0) is 17.3. The van der Waals surface area contributed by atoms with Crippen LogP contribution in [-0.2, 0) is 22.6 Å². The number of aryl methyl sites for hydroxylation is 3. The Bertz CT molecular complexity index is 781. The van der Waals surface area contributed by atoms with Crippen LogP contribution in [0.1, 0.15) is 31.5 Å². The number of rotatable bonds is 4. The lowest BCUT2D eigenvalue weighted by Crippen LogP contribution is -2.49. The largest absolute Gasteiger partial charge is 0.324 e. The van der Waals surface area contributed by atoms with Crippen LogP contribution in [0.2, 0.25) is 0 Å². The molecule has 1 aliphatic heterocycles. The first-order chi connectivity index (χ1) is 11.5. The number of hydrogen-bond acceptors (Lipinski definition) is 3. The maximum atomic E-state index is 12.7. The summed E-state index contributed by atoms with van der Waals surface area (Å²) in [6.45, 7) is 6.24. The number of aromatic nitrogens is 2. The van der Waals surface area contributed by atoms with Gasteiger partial charge in [0.05, 0.1) is 12.2 Å². The molecule has 0 aliphatic carbocycles. The molecule has 1 unspecified atom stereocenters. The number of benzene rings is 1. The van der Waals surface area contributed by atoms with Gasteiger partial charge in [0, 0.05) is 18.2 Å². The third-order valence-electron chi connectivity index (χ3n) is 4.36. The predicted octanol–water partition coefficient (Wildman–Crippen LogP) is 2.52. The van der Waals surface area contributed by atoms with Gasteiger partial charge >= 0.3 is 0 Å². The van der Waals surface area contributed by atoms with Gasteiger partial charge in [-0.25, -0.2) is 4.68 Å². The summed E-state index contributed by atoms with van der Waals surface area (Å²) < 4.78 is 1.79. The van der Waals surface area contributed by atoms with E-state index >= 15 is 0 Å². The highest BCUT2D eigenvalue weighted by Crippen LogP contribution is 2.25. The molecule has 1 aromatic heterocycles. The Labute approximate surface area is 141 Å². The molecular formula is C18H22N4O2. The minimum Gasteiger partial charge on any atom is -0.324 e. The second-order valence-corrected chi connectivity index (χ2v) is 6.06. The SMILES string of the molecule is CCc1ccccc1NC(=O)C(C)N1C(=O)CCn2nc(C)cc21. The first-order valence-electron chi connectivity index (χ1n) is 8.26.